The molecule has 10 atom stereocenters. The number of carbonyl (C=O) groups is 12. The highest BCUT2D eigenvalue weighted by molar-refractivity contribution is 6.03. The van der Waals surface area contributed by atoms with Crippen molar-refractivity contribution in [2.45, 2.75) is 184 Å². The van der Waals surface area contributed by atoms with E-state index in [0.717, 1.165) is 5.56 Å². The van der Waals surface area contributed by atoms with Crippen LogP contribution in [0.2, 0.25) is 0 Å². The maximum atomic E-state index is 15.4. The van der Waals surface area contributed by atoms with Crippen LogP contribution in [0.3, 0.4) is 0 Å². The summed E-state index contributed by atoms with van der Waals surface area (Å²) in [5, 5.41) is 19.6. The van der Waals surface area contributed by atoms with Gasteiger partial charge in [0.2, 0.25) is 65.0 Å². The lowest BCUT2D eigenvalue weighted by Crippen LogP contribution is -2.58. The summed E-state index contributed by atoms with van der Waals surface area (Å²) in [5.41, 5.74) is 7.45. The number of nitrogens with zero attached hydrogens (tertiary/aromatic N) is 5. The zero-order valence-corrected chi connectivity index (χ0v) is 54.2. The zero-order valence-electron chi connectivity index (χ0n) is 54.2. The number of benzene rings is 3. The van der Waals surface area contributed by atoms with Crippen molar-refractivity contribution < 1.29 is 57.5 Å². The first-order chi connectivity index (χ1) is 45.1. The minimum atomic E-state index is -1.32. The predicted octanol–water partition coefficient (Wildman–Crippen LogP) is 1.23. The van der Waals surface area contributed by atoms with Crippen LogP contribution < -0.4 is 43.0 Å². The van der Waals surface area contributed by atoms with Gasteiger partial charge in [0.25, 0.3) is 5.91 Å². The molecule has 25 nitrogen and oxygen atoms in total. The molecule has 0 saturated carbocycles. The lowest BCUT2D eigenvalue weighted by atomic mass is 10.0. The molecule has 94 heavy (non-hydrogen) atoms. The molecule has 6 heterocycles. The van der Waals surface area contributed by atoms with Gasteiger partial charge < -0.3 is 67.5 Å². The maximum absolute atomic E-state index is 15.4. The molecule has 0 radical (unpaired) electrons. The molecule has 504 valence electrons. The fourth-order valence-electron chi connectivity index (χ4n) is 13.9. The van der Waals surface area contributed by atoms with Crippen molar-refractivity contribution in [3.63, 3.8) is 0 Å². The molecule has 3 aromatic rings. The molecule has 9 N–H and O–H groups in total. The van der Waals surface area contributed by atoms with E-state index in [9.17, 15) is 47.9 Å². The topological polar surface area (TPSA) is 331 Å². The van der Waals surface area contributed by atoms with Gasteiger partial charge in [-0.2, -0.15) is 0 Å². The van der Waals surface area contributed by atoms with Crippen LogP contribution in [0.15, 0.2) is 103 Å². The zero-order chi connectivity index (χ0) is 67.2. The molecular weight excluding hydrogens is 1200 g/mol. The SMILES string of the molecule is CC(C)C[C@@H]1NC(=O)[C@@H]2CCCN2C(=O)[C@@H]2CCCN2C(=O)[C@@H]2CCCN2C(=O)[C@@H]2CCCN2C(=O)[C@H](CC(C)C)N/C=C(/C(=O)N2CCC[C@H]2C(=O)N[C@@H](Cc2ccccc2)C(=O)NCC(=O)N[C@@H](Cc2ccccc2)C(=O)N[C@@H](Cc2ccccc2)C(N)=O)NC1=O. The normalized spacial score (nSPS) is 24.5. The second kappa shape index (κ2) is 32.1. The van der Waals surface area contributed by atoms with Crippen LogP contribution in [0.5, 0.6) is 0 Å². The third-order valence-corrected chi connectivity index (χ3v) is 18.6. The molecule has 0 aliphatic carbocycles. The van der Waals surface area contributed by atoms with Crippen LogP contribution >= 0.6 is 0 Å². The Kier molecular flexibility index (Phi) is 23.6. The van der Waals surface area contributed by atoms with Crippen molar-refractivity contribution in [3.05, 3.63) is 120 Å². The number of nitrogens with one attached hydrogen (secondary N) is 7. The Labute approximate surface area is 548 Å². The van der Waals surface area contributed by atoms with E-state index in [1.54, 1.807) is 94.7 Å². The maximum Gasteiger partial charge on any atom is 0.272 e. The summed E-state index contributed by atoms with van der Waals surface area (Å²) in [4.78, 5) is 181. The number of carbonyl (C=O) groups excluding carboxylic acids is 12. The van der Waals surface area contributed by atoms with E-state index < -0.39 is 120 Å². The average molecular weight is 1290 g/mol. The summed E-state index contributed by atoms with van der Waals surface area (Å²) in [6, 6.07) is 15.9. The van der Waals surface area contributed by atoms with Gasteiger partial charge >= 0.3 is 0 Å². The molecule has 5 saturated heterocycles. The van der Waals surface area contributed by atoms with Gasteiger partial charge in [0.1, 0.15) is 66.1 Å². The number of likely N-dealkylation sites (tertiary alicyclic amines) is 1. The predicted molar refractivity (Wildman–Crippen MR) is 346 cm³/mol. The number of rotatable bonds is 20. The van der Waals surface area contributed by atoms with Gasteiger partial charge in [-0.1, -0.05) is 119 Å². The Morgan fingerprint density at radius 3 is 1.43 bits per heavy atom. The van der Waals surface area contributed by atoms with Gasteiger partial charge in [0, 0.05) is 58.2 Å². The first-order valence-corrected chi connectivity index (χ1v) is 33.3. The van der Waals surface area contributed by atoms with Gasteiger partial charge in [-0.15, -0.1) is 0 Å². The quantitative estimate of drug-likeness (QED) is 0.0791. The van der Waals surface area contributed by atoms with E-state index in [4.69, 9.17) is 5.73 Å². The second-order valence-electron chi connectivity index (χ2n) is 26.4. The number of hydrogen-bond acceptors (Lipinski definition) is 13. The number of hydrogen-bond donors (Lipinski definition) is 8. The van der Waals surface area contributed by atoms with E-state index in [1.165, 1.54) is 20.9 Å². The fourth-order valence-corrected chi connectivity index (χ4v) is 13.9. The standard InChI is InChI=1S/C69H91N13O12/c1-42(2)35-48-61(86)77-52(40-71-51(36-43(3)4)65(90)80-32-16-27-55(80)68(93)82-34-18-29-57(82)69(94)81-33-17-28-56(81)67(92)79-31-15-26-54(79)64(89)75-48)66(91)78-30-14-25-53(78)63(88)76-49(38-45-21-10-6-11-22-45)60(85)72-41-58(83)73-50(39-46-23-12-7-13-24-46)62(87)74-47(59(70)84)37-44-19-8-5-9-20-44/h5-13,19-24,40,42-43,47-51,53-57,71H,14-18,25-39,41H2,1-4H3,(H2,70,84)(H,72,85)(H,73,83)(H,74,87)(H,75,89)(H,76,88)(H,77,86)/b52-40-/t47-,48-,49-,50-,51-,53-,54-,55-,56-,57-/m0/s1. The Morgan fingerprint density at radius 2 is 0.936 bits per heavy atom. The lowest BCUT2D eigenvalue weighted by molar-refractivity contribution is -0.152. The minimum absolute atomic E-state index is 0.0159. The molecule has 0 aromatic heterocycles. The Balaban J connectivity index is 0.966. The number of amides is 12. The first kappa shape index (κ1) is 69.2. The molecule has 6 aliphatic heterocycles. The molecular formula is C69H91N13O12. The summed E-state index contributed by atoms with van der Waals surface area (Å²) in [5.74, 6) is -7.74. The summed E-state index contributed by atoms with van der Waals surface area (Å²) in [7, 11) is 0. The van der Waals surface area contributed by atoms with E-state index in [-0.39, 0.29) is 93.4 Å². The lowest BCUT2D eigenvalue weighted by Gasteiger charge is -2.36. The highest BCUT2D eigenvalue weighted by atomic mass is 16.2. The Hall–Kier alpha value is -9.16. The summed E-state index contributed by atoms with van der Waals surface area (Å²) < 4.78 is 0. The smallest absolute Gasteiger partial charge is 0.272 e. The van der Waals surface area contributed by atoms with Gasteiger partial charge in [0.15, 0.2) is 0 Å². The molecule has 0 bridgehead atoms. The highest BCUT2D eigenvalue weighted by Gasteiger charge is 2.49. The number of fused-ring (bicyclic) bond motifs is 4. The summed E-state index contributed by atoms with van der Waals surface area (Å²) >= 11 is 0. The number of primary amides is 1. The third-order valence-electron chi connectivity index (χ3n) is 18.6. The van der Waals surface area contributed by atoms with Crippen LogP contribution in [0.4, 0.5) is 0 Å². The van der Waals surface area contributed by atoms with Crippen LogP contribution in [0.25, 0.3) is 0 Å². The summed E-state index contributed by atoms with van der Waals surface area (Å²) in [6.07, 6.45) is 5.57. The van der Waals surface area contributed by atoms with Crippen LogP contribution in [0, 0.1) is 11.8 Å². The van der Waals surface area contributed by atoms with Gasteiger partial charge in [0.05, 0.1) is 6.54 Å². The minimum Gasteiger partial charge on any atom is -0.378 e. The first-order valence-electron chi connectivity index (χ1n) is 33.3. The highest BCUT2D eigenvalue weighted by Crippen LogP contribution is 2.32. The molecule has 9 rings (SSSR count). The number of nitrogens with two attached hydrogens (primary N) is 1. The fraction of sp³-hybridized carbons (Fsp3) is 0.536. The van der Waals surface area contributed by atoms with Crippen molar-refractivity contribution in [1.82, 2.24) is 61.7 Å². The van der Waals surface area contributed by atoms with E-state index in [2.05, 4.69) is 37.2 Å². The monoisotopic (exact) mass is 1290 g/mol. The molecule has 0 spiro atoms. The Morgan fingerprint density at radius 1 is 0.500 bits per heavy atom. The molecule has 6 aliphatic rings. The van der Waals surface area contributed by atoms with E-state index >= 15 is 9.59 Å². The van der Waals surface area contributed by atoms with Crippen molar-refractivity contribution >= 4 is 70.9 Å². The molecule has 25 heteroatoms. The summed E-state index contributed by atoms with van der Waals surface area (Å²) in [6.45, 7) is 8.01. The van der Waals surface area contributed by atoms with Crippen molar-refractivity contribution in [1.29, 1.82) is 0 Å². The van der Waals surface area contributed by atoms with Crippen LogP contribution in [0.1, 0.15) is 121 Å². The van der Waals surface area contributed by atoms with Crippen molar-refractivity contribution in [2.75, 3.05) is 39.3 Å². The third kappa shape index (κ3) is 17.3. The van der Waals surface area contributed by atoms with Gasteiger partial charge in [-0.05, 0) is 106 Å². The second-order valence-corrected chi connectivity index (χ2v) is 26.4. The van der Waals surface area contributed by atoms with Crippen LogP contribution in [-0.4, -0.2) is 195 Å². The van der Waals surface area contributed by atoms with Gasteiger partial charge in [-0.3, -0.25) is 57.5 Å². The van der Waals surface area contributed by atoms with E-state index in [0.29, 0.717) is 82.0 Å². The average Bonchev–Trinajstić information content (AvgIpc) is 1.64. The largest absolute Gasteiger partial charge is 0.378 e. The molecule has 5 fully saturated rings. The molecule has 3 aromatic carbocycles. The van der Waals surface area contributed by atoms with Crippen molar-refractivity contribution in [3.8, 4) is 0 Å². The van der Waals surface area contributed by atoms with E-state index in [1.807, 2.05) is 33.8 Å². The molecule has 12 amide bonds. The van der Waals surface area contributed by atoms with Crippen molar-refractivity contribution in [2.24, 2.45) is 17.6 Å². The Bertz CT molecular complexity index is 3300. The molecule has 0 unspecified atom stereocenters. The van der Waals surface area contributed by atoms with Crippen LogP contribution in [-0.2, 0) is 76.8 Å². The van der Waals surface area contributed by atoms with Gasteiger partial charge in [-0.25, -0.2) is 0 Å².